The van der Waals surface area contributed by atoms with Crippen LogP contribution in [0.15, 0.2) is 42.6 Å². The van der Waals surface area contributed by atoms with Crippen LogP contribution >= 0.6 is 0 Å². The third kappa shape index (κ3) is 4.71. The van der Waals surface area contributed by atoms with Crippen LogP contribution < -0.4 is 15.5 Å². The van der Waals surface area contributed by atoms with Gasteiger partial charge in [-0.3, -0.25) is 0 Å². The zero-order valence-corrected chi connectivity index (χ0v) is 16.8. The number of hydrogen-bond acceptors (Lipinski definition) is 6. The predicted octanol–water partition coefficient (Wildman–Crippen LogP) is 2.88. The molecule has 3 fully saturated rings. The first-order valence-electron chi connectivity index (χ1n) is 10.8. The zero-order valence-electron chi connectivity index (χ0n) is 16.8. The summed E-state index contributed by atoms with van der Waals surface area (Å²) in [6, 6.07) is 12.9. The van der Waals surface area contributed by atoms with Gasteiger partial charge in [0.05, 0.1) is 25.1 Å². The Morgan fingerprint density at radius 3 is 2.79 bits per heavy atom. The summed E-state index contributed by atoms with van der Waals surface area (Å²) in [6.07, 6.45) is 5.02. The average molecular weight is 395 g/mol. The van der Waals surface area contributed by atoms with E-state index < -0.39 is 6.23 Å². The van der Waals surface area contributed by atoms with Crippen molar-refractivity contribution in [3.8, 4) is 0 Å². The maximum absolute atomic E-state index is 10.7. The van der Waals surface area contributed by atoms with E-state index in [-0.39, 0.29) is 0 Å². The predicted molar refractivity (Wildman–Crippen MR) is 114 cm³/mol. The minimum absolute atomic E-state index is 0.579. The molecule has 2 heterocycles. The first-order valence-corrected chi connectivity index (χ1v) is 10.8. The molecule has 6 heteroatoms. The van der Waals surface area contributed by atoms with Gasteiger partial charge in [0, 0.05) is 30.6 Å². The first kappa shape index (κ1) is 18.9. The summed E-state index contributed by atoms with van der Waals surface area (Å²) in [5, 5.41) is 17.5. The number of hydrogen-bond donors (Lipinski definition) is 3. The second-order valence-electron chi connectivity index (χ2n) is 8.52. The van der Waals surface area contributed by atoms with Crippen molar-refractivity contribution in [3.05, 3.63) is 53.7 Å². The van der Waals surface area contributed by atoms with Crippen LogP contribution in [-0.4, -0.2) is 49.0 Å². The van der Waals surface area contributed by atoms with E-state index in [0.29, 0.717) is 12.0 Å². The van der Waals surface area contributed by atoms with Crippen LogP contribution in [0.4, 0.5) is 11.5 Å². The van der Waals surface area contributed by atoms with Gasteiger partial charge in [-0.1, -0.05) is 24.3 Å². The van der Waals surface area contributed by atoms with E-state index in [9.17, 15) is 5.11 Å². The number of rotatable bonds is 8. The van der Waals surface area contributed by atoms with Crippen molar-refractivity contribution in [2.24, 2.45) is 5.92 Å². The summed E-state index contributed by atoms with van der Waals surface area (Å²) in [6.45, 7) is 4.39. The summed E-state index contributed by atoms with van der Waals surface area (Å²) in [7, 11) is 0. The third-order valence-corrected chi connectivity index (χ3v) is 6.20. The molecule has 3 aliphatic rings. The van der Waals surface area contributed by atoms with Gasteiger partial charge in [-0.05, 0) is 49.4 Å². The number of nitrogens with one attached hydrogen (secondary N) is 2. The Labute approximate surface area is 172 Å². The summed E-state index contributed by atoms with van der Waals surface area (Å²) >= 11 is 0. The van der Waals surface area contributed by atoms with Gasteiger partial charge in [-0.2, -0.15) is 0 Å². The lowest BCUT2D eigenvalue weighted by Gasteiger charge is -2.27. The van der Waals surface area contributed by atoms with Gasteiger partial charge in [0.25, 0.3) is 0 Å². The molecule has 1 aliphatic heterocycles. The average Bonchev–Trinajstić information content (AvgIpc) is 3.69. The molecule has 1 aromatic carbocycles. The van der Waals surface area contributed by atoms with Crippen molar-refractivity contribution in [1.82, 2.24) is 10.3 Å². The lowest BCUT2D eigenvalue weighted by atomic mass is 10.1. The van der Waals surface area contributed by atoms with Crippen molar-refractivity contribution in [2.45, 2.75) is 37.5 Å². The van der Waals surface area contributed by atoms with Crippen LogP contribution in [0.25, 0.3) is 0 Å². The van der Waals surface area contributed by atoms with Gasteiger partial charge in [0.1, 0.15) is 5.82 Å². The minimum atomic E-state index is -0.748. The van der Waals surface area contributed by atoms with Crippen molar-refractivity contribution in [3.63, 3.8) is 0 Å². The standard InChI is InChI=1S/C23H30N4O2/c28-23(26-19-6-7-22(25-15-19)27-8-10-29-11-9-27)18-3-1-2-17(12-18)20-13-21(20)24-14-16-4-5-16/h1-3,6-7,12,15-16,20-21,23-24,26,28H,4-5,8-11,13-14H2. The van der Waals surface area contributed by atoms with E-state index >= 15 is 0 Å². The Bertz CT molecular complexity index is 818. The van der Waals surface area contributed by atoms with Crippen molar-refractivity contribution in [2.75, 3.05) is 43.1 Å². The number of aromatic nitrogens is 1. The summed E-state index contributed by atoms with van der Waals surface area (Å²) in [4.78, 5) is 6.76. The third-order valence-electron chi connectivity index (χ3n) is 6.20. The van der Waals surface area contributed by atoms with Gasteiger partial charge >= 0.3 is 0 Å². The van der Waals surface area contributed by atoms with Crippen LogP contribution in [-0.2, 0) is 4.74 Å². The minimum Gasteiger partial charge on any atom is -0.378 e. The summed E-state index contributed by atoms with van der Waals surface area (Å²) < 4.78 is 5.39. The molecule has 29 heavy (non-hydrogen) atoms. The van der Waals surface area contributed by atoms with Crippen molar-refractivity contribution in [1.29, 1.82) is 0 Å². The fourth-order valence-electron chi connectivity index (χ4n) is 4.08. The number of anilines is 2. The number of pyridine rings is 1. The number of morpholine rings is 1. The maximum atomic E-state index is 10.7. The molecule has 3 unspecified atom stereocenters. The molecule has 0 spiro atoms. The highest BCUT2D eigenvalue weighted by atomic mass is 16.5. The Balaban J connectivity index is 1.18. The van der Waals surface area contributed by atoms with E-state index in [1.54, 1.807) is 6.20 Å². The van der Waals surface area contributed by atoms with E-state index in [1.165, 1.54) is 31.4 Å². The highest BCUT2D eigenvalue weighted by molar-refractivity contribution is 5.50. The molecular formula is C23H30N4O2. The van der Waals surface area contributed by atoms with Crippen LogP contribution in [0.5, 0.6) is 0 Å². The molecular weight excluding hydrogens is 364 g/mol. The summed E-state index contributed by atoms with van der Waals surface area (Å²) in [5.74, 6) is 2.45. The number of benzene rings is 1. The van der Waals surface area contributed by atoms with Gasteiger partial charge in [0.2, 0.25) is 0 Å². The van der Waals surface area contributed by atoms with Gasteiger partial charge in [-0.25, -0.2) is 4.98 Å². The van der Waals surface area contributed by atoms with Gasteiger partial charge in [0.15, 0.2) is 6.23 Å². The lowest BCUT2D eigenvalue weighted by molar-refractivity contribution is 0.122. The molecule has 2 aliphatic carbocycles. The lowest BCUT2D eigenvalue weighted by Crippen LogP contribution is -2.36. The fraction of sp³-hybridized carbons (Fsp3) is 0.522. The van der Waals surface area contributed by atoms with Crippen LogP contribution in [0.3, 0.4) is 0 Å². The number of nitrogens with zero attached hydrogens (tertiary/aromatic N) is 2. The van der Waals surface area contributed by atoms with E-state index in [4.69, 9.17) is 4.74 Å². The van der Waals surface area contributed by atoms with Crippen LogP contribution in [0.2, 0.25) is 0 Å². The molecule has 1 saturated heterocycles. The summed E-state index contributed by atoms with van der Waals surface area (Å²) in [5.41, 5.74) is 3.03. The van der Waals surface area contributed by atoms with E-state index in [2.05, 4.69) is 32.7 Å². The Morgan fingerprint density at radius 2 is 2.03 bits per heavy atom. The van der Waals surface area contributed by atoms with Crippen molar-refractivity contribution >= 4 is 11.5 Å². The Hall–Kier alpha value is -2.15. The molecule has 2 saturated carbocycles. The van der Waals surface area contributed by atoms with Crippen LogP contribution in [0, 0.1) is 5.92 Å². The number of aliphatic hydroxyl groups excluding tert-OH is 1. The van der Waals surface area contributed by atoms with Gasteiger partial charge < -0.3 is 25.4 Å². The number of aliphatic hydroxyl groups is 1. The largest absolute Gasteiger partial charge is 0.378 e. The van der Waals surface area contributed by atoms with Crippen LogP contribution in [0.1, 0.15) is 42.5 Å². The molecule has 0 bridgehead atoms. The molecule has 1 aromatic heterocycles. The molecule has 2 aromatic rings. The molecule has 154 valence electrons. The van der Waals surface area contributed by atoms with Crippen molar-refractivity contribution < 1.29 is 9.84 Å². The Morgan fingerprint density at radius 1 is 1.17 bits per heavy atom. The smallest absolute Gasteiger partial charge is 0.150 e. The highest BCUT2D eigenvalue weighted by Crippen LogP contribution is 2.42. The molecule has 5 rings (SSSR count). The number of ether oxygens (including phenoxy) is 1. The Kier molecular flexibility index (Phi) is 5.40. The highest BCUT2D eigenvalue weighted by Gasteiger charge is 2.39. The molecule has 6 nitrogen and oxygen atoms in total. The zero-order chi connectivity index (χ0) is 19.6. The molecule has 3 atom stereocenters. The second kappa shape index (κ2) is 8.30. The second-order valence-corrected chi connectivity index (χ2v) is 8.52. The molecule has 0 amide bonds. The topological polar surface area (TPSA) is 69.7 Å². The normalized spacial score (nSPS) is 24.9. The van der Waals surface area contributed by atoms with E-state index in [0.717, 1.165) is 49.3 Å². The quantitative estimate of drug-likeness (QED) is 0.598. The molecule has 3 N–H and O–H groups in total. The fourth-order valence-corrected chi connectivity index (χ4v) is 4.08. The van der Waals surface area contributed by atoms with E-state index in [1.807, 2.05) is 24.3 Å². The monoisotopic (exact) mass is 394 g/mol. The maximum Gasteiger partial charge on any atom is 0.150 e. The SMILES string of the molecule is OC(Nc1ccc(N2CCOCC2)nc1)c1cccc(C2CC2NCC2CC2)c1. The molecule has 0 radical (unpaired) electrons. The first-order chi connectivity index (χ1) is 14.3. The van der Waals surface area contributed by atoms with Gasteiger partial charge in [-0.15, -0.1) is 0 Å².